The number of anilines is 1. The first-order valence-electron chi connectivity index (χ1n) is 5.78. The highest BCUT2D eigenvalue weighted by Gasteiger charge is 2.21. The van der Waals surface area contributed by atoms with Gasteiger partial charge in [0.05, 0.1) is 7.11 Å². The van der Waals surface area contributed by atoms with Crippen LogP contribution in [0, 0.1) is 12.8 Å². The minimum atomic E-state index is -0.430. The summed E-state index contributed by atoms with van der Waals surface area (Å²) in [5.41, 5.74) is 0.741. The molecule has 100 valence electrons. The van der Waals surface area contributed by atoms with E-state index in [1.165, 1.54) is 7.11 Å². The van der Waals surface area contributed by atoms with Crippen LogP contribution in [0.25, 0.3) is 0 Å². The lowest BCUT2D eigenvalue weighted by Gasteiger charge is -2.18. The van der Waals surface area contributed by atoms with Crippen molar-refractivity contribution in [3.05, 3.63) is 17.0 Å². The third-order valence-electron chi connectivity index (χ3n) is 2.34. The lowest BCUT2D eigenvalue weighted by molar-refractivity contribution is -0.141. The molecule has 1 aromatic heterocycles. The average molecular weight is 272 g/mol. The molecule has 0 fully saturated rings. The van der Waals surface area contributed by atoms with Gasteiger partial charge in [0.2, 0.25) is 5.28 Å². The van der Waals surface area contributed by atoms with Gasteiger partial charge in [-0.05, 0) is 30.9 Å². The van der Waals surface area contributed by atoms with Gasteiger partial charge in [-0.1, -0.05) is 13.8 Å². The predicted octanol–water partition coefficient (Wildman–Crippen LogP) is 2.44. The Balaban J connectivity index is 2.84. The number of hydrogen-bond donors (Lipinski definition) is 1. The molecule has 1 aromatic rings. The highest BCUT2D eigenvalue weighted by molar-refractivity contribution is 6.28. The minimum Gasteiger partial charge on any atom is -0.467 e. The van der Waals surface area contributed by atoms with E-state index >= 15 is 0 Å². The molecule has 6 heteroatoms. The molecule has 0 spiro atoms. The molecule has 1 unspecified atom stereocenters. The van der Waals surface area contributed by atoms with E-state index in [-0.39, 0.29) is 11.3 Å². The molecule has 0 aliphatic carbocycles. The Labute approximate surface area is 112 Å². The molecule has 0 saturated carbocycles. The van der Waals surface area contributed by atoms with Crippen molar-refractivity contribution in [3.8, 4) is 0 Å². The maximum atomic E-state index is 11.7. The van der Waals surface area contributed by atoms with E-state index in [2.05, 4.69) is 15.3 Å². The van der Waals surface area contributed by atoms with Crippen molar-refractivity contribution in [2.45, 2.75) is 33.2 Å². The van der Waals surface area contributed by atoms with E-state index in [0.29, 0.717) is 18.2 Å². The molecular weight excluding hydrogens is 254 g/mol. The highest BCUT2D eigenvalue weighted by Crippen LogP contribution is 2.15. The third-order valence-corrected chi connectivity index (χ3v) is 2.51. The first-order chi connectivity index (χ1) is 8.42. The van der Waals surface area contributed by atoms with Crippen LogP contribution in [0.15, 0.2) is 6.07 Å². The van der Waals surface area contributed by atoms with E-state index < -0.39 is 6.04 Å². The maximum absolute atomic E-state index is 11.7. The van der Waals surface area contributed by atoms with Crippen molar-refractivity contribution in [1.29, 1.82) is 0 Å². The molecule has 1 atom stereocenters. The molecule has 0 aliphatic heterocycles. The topological polar surface area (TPSA) is 64.1 Å². The van der Waals surface area contributed by atoms with E-state index in [1.807, 2.05) is 20.8 Å². The number of aryl methyl sites for hydroxylation is 1. The Morgan fingerprint density at radius 2 is 2.17 bits per heavy atom. The van der Waals surface area contributed by atoms with Crippen molar-refractivity contribution < 1.29 is 9.53 Å². The Hall–Kier alpha value is -1.36. The molecule has 1 N–H and O–H groups in total. The molecule has 1 rings (SSSR count). The summed E-state index contributed by atoms with van der Waals surface area (Å²) in [6.07, 6.45) is 0.660. The maximum Gasteiger partial charge on any atom is 0.328 e. The van der Waals surface area contributed by atoms with Gasteiger partial charge in [-0.25, -0.2) is 14.8 Å². The number of carbonyl (C=O) groups excluding carboxylic acids is 1. The van der Waals surface area contributed by atoms with Gasteiger partial charge in [-0.15, -0.1) is 0 Å². The summed E-state index contributed by atoms with van der Waals surface area (Å²) >= 11 is 5.77. The first-order valence-corrected chi connectivity index (χ1v) is 6.15. The number of methoxy groups -OCH3 is 1. The zero-order chi connectivity index (χ0) is 13.7. The minimum absolute atomic E-state index is 0.158. The number of esters is 1. The van der Waals surface area contributed by atoms with Gasteiger partial charge >= 0.3 is 5.97 Å². The van der Waals surface area contributed by atoms with Gasteiger partial charge in [0, 0.05) is 11.8 Å². The predicted molar refractivity (Wildman–Crippen MR) is 70.7 cm³/mol. The second-order valence-corrected chi connectivity index (χ2v) is 4.85. The Bertz CT molecular complexity index is 404. The van der Waals surface area contributed by atoms with Crippen molar-refractivity contribution in [3.63, 3.8) is 0 Å². The van der Waals surface area contributed by atoms with Crippen molar-refractivity contribution in [2.24, 2.45) is 5.92 Å². The fourth-order valence-electron chi connectivity index (χ4n) is 1.61. The zero-order valence-corrected chi connectivity index (χ0v) is 11.8. The molecule has 0 amide bonds. The van der Waals surface area contributed by atoms with Crippen LogP contribution in [-0.4, -0.2) is 29.1 Å². The van der Waals surface area contributed by atoms with E-state index in [4.69, 9.17) is 16.3 Å². The third kappa shape index (κ3) is 4.49. The second-order valence-electron chi connectivity index (χ2n) is 4.51. The number of nitrogens with zero attached hydrogens (tertiary/aromatic N) is 2. The smallest absolute Gasteiger partial charge is 0.328 e. The largest absolute Gasteiger partial charge is 0.467 e. The number of rotatable bonds is 5. The molecule has 0 saturated heterocycles. The molecule has 5 nitrogen and oxygen atoms in total. The number of hydrogen-bond acceptors (Lipinski definition) is 5. The Morgan fingerprint density at radius 1 is 1.50 bits per heavy atom. The lowest BCUT2D eigenvalue weighted by atomic mass is 10.0. The van der Waals surface area contributed by atoms with E-state index in [0.717, 1.165) is 5.69 Å². The highest BCUT2D eigenvalue weighted by atomic mass is 35.5. The van der Waals surface area contributed by atoms with Crippen LogP contribution in [0.3, 0.4) is 0 Å². The lowest BCUT2D eigenvalue weighted by Crippen LogP contribution is -2.32. The Morgan fingerprint density at radius 3 is 2.67 bits per heavy atom. The number of carbonyl (C=O) groups is 1. The molecule has 0 radical (unpaired) electrons. The average Bonchev–Trinajstić information content (AvgIpc) is 2.25. The first kappa shape index (κ1) is 14.7. The quantitative estimate of drug-likeness (QED) is 0.658. The molecular formula is C12H18ClN3O2. The SMILES string of the molecule is COC(=O)C(CC(C)C)Nc1cc(C)nc(Cl)n1. The number of aromatic nitrogens is 2. The molecule has 0 aliphatic rings. The second kappa shape index (κ2) is 6.54. The fraction of sp³-hybridized carbons (Fsp3) is 0.583. The Kier molecular flexibility index (Phi) is 5.34. The molecule has 18 heavy (non-hydrogen) atoms. The zero-order valence-electron chi connectivity index (χ0n) is 11.0. The van der Waals surface area contributed by atoms with Crippen LogP contribution >= 0.6 is 11.6 Å². The summed E-state index contributed by atoms with van der Waals surface area (Å²) in [6.45, 7) is 5.89. The summed E-state index contributed by atoms with van der Waals surface area (Å²) < 4.78 is 4.77. The molecule has 0 aromatic carbocycles. The summed E-state index contributed by atoms with van der Waals surface area (Å²) in [5.74, 6) is 0.583. The summed E-state index contributed by atoms with van der Waals surface area (Å²) in [6, 6.07) is 1.31. The summed E-state index contributed by atoms with van der Waals surface area (Å²) in [7, 11) is 1.37. The van der Waals surface area contributed by atoms with Crippen molar-refractivity contribution >= 4 is 23.4 Å². The molecule has 0 bridgehead atoms. The van der Waals surface area contributed by atoms with Crippen molar-refractivity contribution in [1.82, 2.24) is 9.97 Å². The number of nitrogens with one attached hydrogen (secondary N) is 1. The number of ether oxygens (including phenoxy) is 1. The van der Waals surface area contributed by atoms with Gasteiger partial charge < -0.3 is 10.1 Å². The number of halogens is 1. The van der Waals surface area contributed by atoms with Crippen LogP contribution in [-0.2, 0) is 9.53 Å². The summed E-state index contributed by atoms with van der Waals surface area (Å²) in [4.78, 5) is 19.7. The van der Waals surface area contributed by atoms with Gasteiger partial charge in [-0.2, -0.15) is 0 Å². The van der Waals surface area contributed by atoms with Crippen LogP contribution in [0.5, 0.6) is 0 Å². The standard InChI is InChI=1S/C12H18ClN3O2/c1-7(2)5-9(11(17)18-4)15-10-6-8(3)14-12(13)16-10/h6-7,9H,5H2,1-4H3,(H,14,15,16). The van der Waals surface area contributed by atoms with E-state index in [1.54, 1.807) is 6.07 Å². The van der Waals surface area contributed by atoms with Gasteiger partial charge in [0.25, 0.3) is 0 Å². The monoisotopic (exact) mass is 271 g/mol. The van der Waals surface area contributed by atoms with Gasteiger partial charge in [0.1, 0.15) is 11.9 Å². The van der Waals surface area contributed by atoms with Crippen LogP contribution in [0.1, 0.15) is 26.0 Å². The van der Waals surface area contributed by atoms with Crippen LogP contribution in [0.2, 0.25) is 5.28 Å². The van der Waals surface area contributed by atoms with Crippen LogP contribution < -0.4 is 5.32 Å². The van der Waals surface area contributed by atoms with Gasteiger partial charge in [-0.3, -0.25) is 0 Å². The van der Waals surface area contributed by atoms with E-state index in [9.17, 15) is 4.79 Å². The van der Waals surface area contributed by atoms with Crippen molar-refractivity contribution in [2.75, 3.05) is 12.4 Å². The normalized spacial score (nSPS) is 12.3. The fourth-order valence-corrected chi connectivity index (χ4v) is 1.84. The summed E-state index contributed by atoms with van der Waals surface area (Å²) in [5, 5.41) is 3.19. The van der Waals surface area contributed by atoms with Crippen LogP contribution in [0.4, 0.5) is 5.82 Å². The van der Waals surface area contributed by atoms with Gasteiger partial charge in [0.15, 0.2) is 0 Å². The molecule has 1 heterocycles.